The molecular weight excluding hydrogens is 244 g/mol. The number of methoxy groups -OCH3 is 1. The van der Waals surface area contributed by atoms with Crippen molar-refractivity contribution < 1.29 is 19.2 Å². The lowest BCUT2D eigenvalue weighted by molar-refractivity contribution is 0.0517. The van der Waals surface area contributed by atoms with Crippen LogP contribution >= 0.6 is 12.4 Å². The van der Waals surface area contributed by atoms with Gasteiger partial charge in [-0.25, -0.2) is 0 Å². The number of fused-ring (bicyclic) bond motifs is 1. The van der Waals surface area contributed by atoms with Crippen molar-refractivity contribution in [1.82, 2.24) is 0 Å². The van der Waals surface area contributed by atoms with Crippen molar-refractivity contribution in [2.75, 3.05) is 20.4 Å². The zero-order valence-corrected chi connectivity index (χ0v) is 10.3. The molecule has 1 heterocycles. The topological polar surface area (TPSA) is 73.9 Å². The molecule has 1 aromatic carbocycles. The number of hydrogen-bond acceptors (Lipinski definition) is 5. The first-order valence-electron chi connectivity index (χ1n) is 5.06. The largest absolute Gasteiger partial charge is 0.495 e. The molecule has 2 rings (SSSR count). The quantitative estimate of drug-likeness (QED) is 0.579. The Morgan fingerprint density at radius 3 is 2.94 bits per heavy atom. The van der Waals surface area contributed by atoms with Gasteiger partial charge in [-0.15, -0.1) is 12.4 Å². The van der Waals surface area contributed by atoms with Gasteiger partial charge in [0.15, 0.2) is 6.79 Å². The third-order valence-electron chi connectivity index (χ3n) is 2.53. The van der Waals surface area contributed by atoms with E-state index in [1.54, 1.807) is 13.2 Å². The molecule has 94 valence electrons. The molecule has 0 spiro atoms. The molecule has 1 atom stereocenters. The molecule has 0 fully saturated rings. The van der Waals surface area contributed by atoms with Gasteiger partial charge in [0.05, 0.1) is 6.10 Å². The average molecular weight is 259 g/mol. The van der Waals surface area contributed by atoms with Gasteiger partial charge in [0.25, 0.3) is 0 Å². The second-order valence-corrected chi connectivity index (χ2v) is 3.52. The smallest absolute Gasteiger partial charge is 0.468 e. The first-order valence-corrected chi connectivity index (χ1v) is 5.06. The highest BCUT2D eigenvalue weighted by Gasteiger charge is 2.37. The van der Waals surface area contributed by atoms with Crippen molar-refractivity contribution in [3.8, 4) is 5.75 Å². The maximum Gasteiger partial charge on any atom is 0.495 e. The summed E-state index contributed by atoms with van der Waals surface area (Å²) in [5.41, 5.74) is 7.09. The Morgan fingerprint density at radius 2 is 2.29 bits per heavy atom. The molecule has 1 aromatic rings. The Morgan fingerprint density at radius 1 is 1.53 bits per heavy atom. The van der Waals surface area contributed by atoms with Gasteiger partial charge < -0.3 is 24.9 Å². The maximum atomic E-state index is 9.76. The molecule has 17 heavy (non-hydrogen) atoms. The van der Waals surface area contributed by atoms with Crippen LogP contribution in [-0.2, 0) is 9.39 Å². The van der Waals surface area contributed by atoms with E-state index in [0.29, 0.717) is 17.8 Å². The maximum absolute atomic E-state index is 9.76. The molecular formula is C10H15BClNO4. The van der Waals surface area contributed by atoms with Crippen molar-refractivity contribution in [1.29, 1.82) is 0 Å². The highest BCUT2D eigenvalue weighted by atomic mass is 35.5. The Labute approximate surface area is 106 Å². The average Bonchev–Trinajstić information content (AvgIpc) is 2.64. The van der Waals surface area contributed by atoms with Crippen LogP contribution in [0.25, 0.3) is 0 Å². The molecule has 0 radical (unpaired) electrons. The van der Waals surface area contributed by atoms with E-state index in [-0.39, 0.29) is 25.3 Å². The molecule has 3 N–H and O–H groups in total. The van der Waals surface area contributed by atoms with E-state index >= 15 is 0 Å². The molecule has 1 unspecified atom stereocenters. The van der Waals surface area contributed by atoms with Gasteiger partial charge in [0.1, 0.15) is 5.75 Å². The summed E-state index contributed by atoms with van der Waals surface area (Å²) in [5.74, 6) is 0.572. The summed E-state index contributed by atoms with van der Waals surface area (Å²) in [5, 5.41) is 9.76. The number of benzene rings is 1. The molecule has 7 heteroatoms. The van der Waals surface area contributed by atoms with Crippen molar-refractivity contribution in [3.63, 3.8) is 0 Å². The second kappa shape index (κ2) is 6.23. The lowest BCUT2D eigenvalue weighted by atomic mass is 9.78. The van der Waals surface area contributed by atoms with E-state index in [4.69, 9.17) is 19.9 Å². The van der Waals surface area contributed by atoms with Crippen molar-refractivity contribution in [2.45, 2.75) is 6.10 Å². The Balaban J connectivity index is 0.00000144. The second-order valence-electron chi connectivity index (χ2n) is 3.52. The fraction of sp³-hybridized carbons (Fsp3) is 0.400. The molecule has 5 nitrogen and oxygen atoms in total. The van der Waals surface area contributed by atoms with E-state index in [1.165, 1.54) is 0 Å². The van der Waals surface area contributed by atoms with Gasteiger partial charge in [0, 0.05) is 19.1 Å². The molecule has 1 aliphatic heterocycles. The minimum Gasteiger partial charge on any atom is -0.468 e. The van der Waals surface area contributed by atoms with Crippen LogP contribution in [-0.4, -0.2) is 32.6 Å². The molecule has 0 bridgehead atoms. The van der Waals surface area contributed by atoms with E-state index < -0.39 is 7.12 Å². The molecule has 1 aliphatic rings. The van der Waals surface area contributed by atoms with Gasteiger partial charge in [-0.2, -0.15) is 0 Å². The fourth-order valence-corrected chi connectivity index (χ4v) is 1.83. The van der Waals surface area contributed by atoms with Crippen LogP contribution < -0.4 is 15.9 Å². The standard InChI is InChI=1S/C10H14BNO4.ClH/c1-14-6-15-8-4-2-3-7-9(5-12)16-11(13)10(7)8;/h2-4,9,13H,5-6,12H2,1H3;1H. The van der Waals surface area contributed by atoms with Crippen LogP contribution in [0, 0.1) is 0 Å². The van der Waals surface area contributed by atoms with Crippen LogP contribution in [0.2, 0.25) is 0 Å². The highest BCUT2D eigenvalue weighted by molar-refractivity contribution is 6.62. The summed E-state index contributed by atoms with van der Waals surface area (Å²) in [6, 6.07) is 5.49. The summed E-state index contributed by atoms with van der Waals surface area (Å²) in [6.45, 7) is 0.467. The fourth-order valence-electron chi connectivity index (χ4n) is 1.83. The van der Waals surface area contributed by atoms with Gasteiger partial charge in [-0.1, -0.05) is 12.1 Å². The predicted octanol–water partition coefficient (Wildman–Crippen LogP) is -0.191. The molecule has 0 saturated heterocycles. The lowest BCUT2D eigenvalue weighted by Crippen LogP contribution is -2.30. The highest BCUT2D eigenvalue weighted by Crippen LogP contribution is 2.26. The Bertz CT molecular complexity index is 379. The minimum atomic E-state index is -0.975. The zero-order chi connectivity index (χ0) is 11.5. The van der Waals surface area contributed by atoms with Gasteiger partial charge >= 0.3 is 7.12 Å². The zero-order valence-electron chi connectivity index (χ0n) is 9.46. The third kappa shape index (κ3) is 2.73. The van der Waals surface area contributed by atoms with Gasteiger partial charge in [0.2, 0.25) is 0 Å². The summed E-state index contributed by atoms with van der Waals surface area (Å²) in [4.78, 5) is 0. The summed E-state index contributed by atoms with van der Waals surface area (Å²) in [7, 11) is 0.565. The Hall–Kier alpha value is -0.785. The molecule has 0 amide bonds. The van der Waals surface area contributed by atoms with Gasteiger partial charge in [-0.3, -0.25) is 0 Å². The summed E-state index contributed by atoms with van der Waals surface area (Å²) >= 11 is 0. The predicted molar refractivity (Wildman–Crippen MR) is 66.7 cm³/mol. The van der Waals surface area contributed by atoms with Crippen LogP contribution in [0.5, 0.6) is 5.75 Å². The molecule has 0 aliphatic carbocycles. The first-order chi connectivity index (χ1) is 7.77. The van der Waals surface area contributed by atoms with E-state index in [1.807, 2.05) is 12.1 Å². The van der Waals surface area contributed by atoms with Gasteiger partial charge in [-0.05, 0) is 11.6 Å². The van der Waals surface area contributed by atoms with Crippen LogP contribution in [0.1, 0.15) is 11.7 Å². The monoisotopic (exact) mass is 259 g/mol. The van der Waals surface area contributed by atoms with Crippen LogP contribution in [0.15, 0.2) is 18.2 Å². The van der Waals surface area contributed by atoms with Crippen LogP contribution in [0.4, 0.5) is 0 Å². The summed E-state index contributed by atoms with van der Waals surface area (Å²) < 4.78 is 15.5. The van der Waals surface area contributed by atoms with Crippen molar-refractivity contribution in [2.24, 2.45) is 5.73 Å². The van der Waals surface area contributed by atoms with Crippen molar-refractivity contribution in [3.05, 3.63) is 23.8 Å². The number of halogens is 1. The number of nitrogens with two attached hydrogens (primary N) is 1. The Kier molecular flexibility index (Phi) is 5.23. The lowest BCUT2D eigenvalue weighted by Gasteiger charge is -2.10. The number of rotatable bonds is 4. The van der Waals surface area contributed by atoms with E-state index in [2.05, 4.69) is 0 Å². The molecule has 0 aromatic heterocycles. The third-order valence-corrected chi connectivity index (χ3v) is 2.53. The van der Waals surface area contributed by atoms with E-state index in [9.17, 15) is 5.02 Å². The number of hydrogen-bond donors (Lipinski definition) is 2. The van der Waals surface area contributed by atoms with Crippen molar-refractivity contribution >= 4 is 25.0 Å². The van der Waals surface area contributed by atoms with E-state index in [0.717, 1.165) is 5.56 Å². The van der Waals surface area contributed by atoms with Crippen LogP contribution in [0.3, 0.4) is 0 Å². The minimum absolute atomic E-state index is 0. The summed E-state index contributed by atoms with van der Waals surface area (Å²) in [6.07, 6.45) is -0.268. The molecule has 0 saturated carbocycles. The number of ether oxygens (including phenoxy) is 2. The normalized spacial score (nSPS) is 17.6. The SMILES string of the molecule is COCOc1cccc2c1B(O)OC2CN.Cl. The first kappa shape index (κ1) is 14.3.